The number of benzene rings is 2. The summed E-state index contributed by atoms with van der Waals surface area (Å²) in [5.41, 5.74) is 0.917. The lowest BCUT2D eigenvalue weighted by atomic mass is 10.1. The zero-order valence-corrected chi connectivity index (χ0v) is 18.7. The van der Waals surface area contributed by atoms with Gasteiger partial charge in [-0.2, -0.15) is 8.78 Å². The fourth-order valence-corrected chi connectivity index (χ4v) is 5.31. The topological polar surface area (TPSA) is 102 Å². The van der Waals surface area contributed by atoms with Crippen LogP contribution in [0.15, 0.2) is 48.5 Å². The molecular weight excluding hydrogens is 458 g/mol. The number of nitrogens with zero attached hydrogens (tertiary/aromatic N) is 1. The van der Waals surface area contributed by atoms with Crippen LogP contribution >= 0.6 is 0 Å². The number of methoxy groups -OCH3 is 1. The summed E-state index contributed by atoms with van der Waals surface area (Å²) in [6.07, 6.45) is 0.331. The maximum absolute atomic E-state index is 13.0. The molecule has 1 heterocycles. The highest BCUT2D eigenvalue weighted by atomic mass is 32.2. The van der Waals surface area contributed by atoms with E-state index in [9.17, 15) is 26.8 Å². The van der Waals surface area contributed by atoms with E-state index < -0.39 is 34.3 Å². The van der Waals surface area contributed by atoms with Gasteiger partial charge in [0.05, 0.1) is 25.2 Å². The van der Waals surface area contributed by atoms with Gasteiger partial charge in [-0.05, 0) is 30.2 Å². The summed E-state index contributed by atoms with van der Waals surface area (Å²) in [5, 5.41) is 2.50. The minimum absolute atomic E-state index is 0.00935. The van der Waals surface area contributed by atoms with E-state index in [-0.39, 0.29) is 41.7 Å². The van der Waals surface area contributed by atoms with Crippen molar-refractivity contribution in [2.75, 3.05) is 25.2 Å². The Bertz CT molecular complexity index is 1100. The molecule has 2 aromatic carbocycles. The molecule has 1 N–H and O–H groups in total. The van der Waals surface area contributed by atoms with Gasteiger partial charge in [0.15, 0.2) is 21.3 Å². The minimum Gasteiger partial charge on any atom is -0.493 e. The Balaban J connectivity index is 1.69. The monoisotopic (exact) mass is 482 g/mol. The molecule has 0 radical (unpaired) electrons. The third-order valence-electron chi connectivity index (χ3n) is 5.21. The van der Waals surface area contributed by atoms with Crippen LogP contribution in [0.5, 0.6) is 11.5 Å². The van der Waals surface area contributed by atoms with Gasteiger partial charge >= 0.3 is 6.61 Å². The highest BCUT2D eigenvalue weighted by Gasteiger charge is 2.34. The summed E-state index contributed by atoms with van der Waals surface area (Å²) >= 11 is 0. The molecule has 3 rings (SSSR count). The van der Waals surface area contributed by atoms with E-state index in [1.807, 2.05) is 30.3 Å². The number of alkyl halides is 2. The zero-order chi connectivity index (χ0) is 24.0. The fraction of sp³-hybridized carbons (Fsp3) is 0.364. The first kappa shape index (κ1) is 24.4. The van der Waals surface area contributed by atoms with E-state index in [1.54, 1.807) is 0 Å². The van der Waals surface area contributed by atoms with E-state index in [0.29, 0.717) is 6.42 Å². The van der Waals surface area contributed by atoms with Crippen molar-refractivity contribution in [2.45, 2.75) is 25.6 Å². The first-order valence-electron chi connectivity index (χ1n) is 10.1. The molecule has 1 saturated heterocycles. The standard InChI is InChI=1S/C22H24F2N2O6S/c1-31-19-11-16(7-8-18(19)32-22(23)24)21(28)25-12-20(27)26(13-15-5-3-2-4-6-15)17-9-10-33(29,30)14-17/h2-8,11,17,22H,9-10,12-14H2,1H3,(H,25,28). The third kappa shape index (κ3) is 6.64. The lowest BCUT2D eigenvalue weighted by Crippen LogP contribution is -2.45. The Labute approximate surface area is 190 Å². The predicted molar refractivity (Wildman–Crippen MR) is 116 cm³/mol. The molecule has 2 aromatic rings. The lowest BCUT2D eigenvalue weighted by molar-refractivity contribution is -0.132. The van der Waals surface area contributed by atoms with Crippen LogP contribution in [0.4, 0.5) is 8.78 Å². The quantitative estimate of drug-likeness (QED) is 0.588. The van der Waals surface area contributed by atoms with Gasteiger partial charge in [0, 0.05) is 18.2 Å². The number of sulfone groups is 1. The molecule has 178 valence electrons. The van der Waals surface area contributed by atoms with Crippen molar-refractivity contribution < 1.29 is 36.3 Å². The number of carbonyl (C=O) groups is 2. The molecule has 11 heteroatoms. The SMILES string of the molecule is COc1cc(C(=O)NCC(=O)N(Cc2ccccc2)C2CCS(=O)(=O)C2)ccc1OC(F)F. The van der Waals surface area contributed by atoms with Crippen molar-refractivity contribution in [2.24, 2.45) is 0 Å². The molecule has 1 unspecified atom stereocenters. The summed E-state index contributed by atoms with van der Waals surface area (Å²) in [4.78, 5) is 27.0. The van der Waals surface area contributed by atoms with E-state index >= 15 is 0 Å². The van der Waals surface area contributed by atoms with Crippen molar-refractivity contribution in [3.05, 3.63) is 59.7 Å². The molecule has 0 spiro atoms. The molecule has 33 heavy (non-hydrogen) atoms. The third-order valence-corrected chi connectivity index (χ3v) is 6.96. The van der Waals surface area contributed by atoms with E-state index in [1.165, 1.54) is 30.2 Å². The van der Waals surface area contributed by atoms with Gasteiger partial charge in [-0.3, -0.25) is 9.59 Å². The first-order valence-corrected chi connectivity index (χ1v) is 12.0. The highest BCUT2D eigenvalue weighted by Crippen LogP contribution is 2.29. The number of carbonyl (C=O) groups excluding carboxylic acids is 2. The van der Waals surface area contributed by atoms with Crippen LogP contribution in [-0.2, 0) is 21.2 Å². The molecular formula is C22H24F2N2O6S. The lowest BCUT2D eigenvalue weighted by Gasteiger charge is -2.28. The van der Waals surface area contributed by atoms with E-state index in [4.69, 9.17) is 4.74 Å². The van der Waals surface area contributed by atoms with E-state index in [2.05, 4.69) is 10.1 Å². The molecule has 0 bridgehead atoms. The maximum atomic E-state index is 13.0. The number of halogens is 2. The molecule has 0 saturated carbocycles. The summed E-state index contributed by atoms with van der Waals surface area (Å²) in [5.74, 6) is -1.45. The Hall–Kier alpha value is -3.21. The number of ether oxygens (including phenoxy) is 2. The van der Waals surface area contributed by atoms with Crippen LogP contribution in [0.25, 0.3) is 0 Å². The van der Waals surface area contributed by atoms with Crippen LogP contribution in [0, 0.1) is 0 Å². The van der Waals surface area contributed by atoms with Crippen LogP contribution in [-0.4, -0.2) is 62.9 Å². The molecule has 1 aliphatic rings. The van der Waals surface area contributed by atoms with Gasteiger partial charge in [0.1, 0.15) is 0 Å². The van der Waals surface area contributed by atoms with Crippen LogP contribution in [0.1, 0.15) is 22.3 Å². The Morgan fingerprint density at radius 1 is 1.15 bits per heavy atom. The van der Waals surface area contributed by atoms with E-state index in [0.717, 1.165) is 5.56 Å². The molecule has 1 aliphatic heterocycles. The van der Waals surface area contributed by atoms with Gasteiger partial charge in [0.2, 0.25) is 5.91 Å². The summed E-state index contributed by atoms with van der Waals surface area (Å²) < 4.78 is 58.2. The van der Waals surface area contributed by atoms with Gasteiger partial charge in [-0.1, -0.05) is 30.3 Å². The predicted octanol–water partition coefficient (Wildman–Crippen LogP) is 2.24. The second-order valence-corrected chi connectivity index (χ2v) is 9.72. The van der Waals surface area contributed by atoms with Crippen molar-refractivity contribution in [1.29, 1.82) is 0 Å². The molecule has 2 amide bonds. The molecule has 1 fully saturated rings. The summed E-state index contributed by atoms with van der Waals surface area (Å²) in [6, 6.07) is 12.3. The maximum Gasteiger partial charge on any atom is 0.387 e. The average Bonchev–Trinajstić information content (AvgIpc) is 3.15. The summed E-state index contributed by atoms with van der Waals surface area (Å²) in [7, 11) is -1.98. The van der Waals surface area contributed by atoms with Crippen molar-refractivity contribution >= 4 is 21.7 Å². The molecule has 1 atom stereocenters. The number of rotatable bonds is 9. The first-order chi connectivity index (χ1) is 15.7. The fourth-order valence-electron chi connectivity index (χ4n) is 3.58. The normalized spacial score (nSPS) is 16.9. The molecule has 8 nitrogen and oxygen atoms in total. The number of amides is 2. The second kappa shape index (κ2) is 10.6. The Morgan fingerprint density at radius 2 is 1.88 bits per heavy atom. The summed E-state index contributed by atoms with van der Waals surface area (Å²) in [6.45, 7) is -3.20. The molecule has 0 aliphatic carbocycles. The average molecular weight is 483 g/mol. The van der Waals surface area contributed by atoms with Crippen LogP contribution < -0.4 is 14.8 Å². The largest absolute Gasteiger partial charge is 0.493 e. The molecule has 0 aromatic heterocycles. The van der Waals surface area contributed by atoms with Gasteiger partial charge in [-0.15, -0.1) is 0 Å². The van der Waals surface area contributed by atoms with Crippen LogP contribution in [0.3, 0.4) is 0 Å². The highest BCUT2D eigenvalue weighted by molar-refractivity contribution is 7.91. The van der Waals surface area contributed by atoms with Gasteiger partial charge < -0.3 is 19.7 Å². The van der Waals surface area contributed by atoms with Crippen LogP contribution in [0.2, 0.25) is 0 Å². The number of hydrogen-bond acceptors (Lipinski definition) is 6. The van der Waals surface area contributed by atoms with Crippen molar-refractivity contribution in [1.82, 2.24) is 10.2 Å². The Kier molecular flexibility index (Phi) is 7.85. The zero-order valence-electron chi connectivity index (χ0n) is 17.9. The number of hydrogen-bond donors (Lipinski definition) is 1. The van der Waals surface area contributed by atoms with Gasteiger partial charge in [0.25, 0.3) is 5.91 Å². The number of nitrogens with one attached hydrogen (secondary N) is 1. The van der Waals surface area contributed by atoms with Gasteiger partial charge in [-0.25, -0.2) is 8.42 Å². The minimum atomic E-state index is -3.22. The Morgan fingerprint density at radius 3 is 2.48 bits per heavy atom. The van der Waals surface area contributed by atoms with Crippen molar-refractivity contribution in [3.8, 4) is 11.5 Å². The van der Waals surface area contributed by atoms with Crippen molar-refractivity contribution in [3.63, 3.8) is 0 Å². The smallest absolute Gasteiger partial charge is 0.387 e. The second-order valence-electron chi connectivity index (χ2n) is 7.49.